The molecule has 1 aromatic carbocycles. The van der Waals surface area contributed by atoms with E-state index in [2.05, 4.69) is 20.8 Å². The van der Waals surface area contributed by atoms with Crippen molar-refractivity contribution in [2.45, 2.75) is 18.9 Å². The monoisotopic (exact) mass is 281 g/mol. The van der Waals surface area contributed by atoms with E-state index in [1.54, 1.807) is 0 Å². The predicted octanol–water partition coefficient (Wildman–Crippen LogP) is 2.92. The van der Waals surface area contributed by atoms with Gasteiger partial charge in [-0.15, -0.1) is 0 Å². The fourth-order valence-corrected chi connectivity index (χ4v) is 3.00. The smallest absolute Gasteiger partial charge is 0.119 e. The summed E-state index contributed by atoms with van der Waals surface area (Å²) in [5.74, 6) is 1.77. The Kier molecular flexibility index (Phi) is 2.90. The maximum Gasteiger partial charge on any atom is 0.119 e. The lowest BCUT2D eigenvalue weighted by Gasteiger charge is -2.44. The number of hydrogen-bond acceptors (Lipinski definition) is 2. The Morgan fingerprint density at radius 1 is 1.12 bits per heavy atom. The summed E-state index contributed by atoms with van der Waals surface area (Å²) in [4.78, 5) is 2.52. The molecular weight excluding hydrogens is 266 g/mol. The van der Waals surface area contributed by atoms with E-state index >= 15 is 0 Å². The van der Waals surface area contributed by atoms with Crippen LogP contribution in [0.1, 0.15) is 12.8 Å². The second-order valence-electron chi connectivity index (χ2n) is 4.75. The molecule has 2 nitrogen and oxygen atoms in total. The summed E-state index contributed by atoms with van der Waals surface area (Å²) < 4.78 is 7.19. The van der Waals surface area contributed by atoms with E-state index in [1.165, 1.54) is 25.9 Å². The molecule has 16 heavy (non-hydrogen) atoms. The molecule has 3 aliphatic heterocycles. The number of hydrogen-bond donors (Lipinski definition) is 0. The van der Waals surface area contributed by atoms with Crippen LogP contribution in [-0.2, 0) is 0 Å². The SMILES string of the molecule is Brc1ccc(O[C@H]2CN3CCC2CC3)cc1. The van der Waals surface area contributed by atoms with E-state index in [0.717, 1.165) is 22.7 Å². The van der Waals surface area contributed by atoms with Crippen molar-refractivity contribution in [2.75, 3.05) is 19.6 Å². The molecule has 3 fully saturated rings. The van der Waals surface area contributed by atoms with Crippen LogP contribution in [0.25, 0.3) is 0 Å². The van der Waals surface area contributed by atoms with Gasteiger partial charge in [-0.1, -0.05) is 15.9 Å². The molecule has 3 saturated heterocycles. The second kappa shape index (κ2) is 4.38. The average molecular weight is 282 g/mol. The normalized spacial score (nSPS) is 32.7. The molecule has 0 spiro atoms. The van der Waals surface area contributed by atoms with Gasteiger partial charge in [0.2, 0.25) is 0 Å². The van der Waals surface area contributed by atoms with Gasteiger partial charge in [0, 0.05) is 11.0 Å². The Morgan fingerprint density at radius 2 is 1.81 bits per heavy atom. The summed E-state index contributed by atoms with van der Waals surface area (Å²) >= 11 is 3.44. The van der Waals surface area contributed by atoms with E-state index in [-0.39, 0.29) is 0 Å². The van der Waals surface area contributed by atoms with Gasteiger partial charge in [-0.2, -0.15) is 0 Å². The average Bonchev–Trinajstić information content (AvgIpc) is 2.34. The van der Waals surface area contributed by atoms with Crippen molar-refractivity contribution in [1.29, 1.82) is 0 Å². The van der Waals surface area contributed by atoms with Gasteiger partial charge in [-0.3, -0.25) is 4.90 Å². The van der Waals surface area contributed by atoms with E-state index < -0.39 is 0 Å². The van der Waals surface area contributed by atoms with Crippen LogP contribution in [0.15, 0.2) is 28.7 Å². The molecule has 4 rings (SSSR count). The lowest BCUT2D eigenvalue weighted by molar-refractivity contribution is -0.00776. The van der Waals surface area contributed by atoms with Crippen molar-refractivity contribution < 1.29 is 4.74 Å². The molecular formula is C13H16BrNO. The molecule has 2 bridgehead atoms. The van der Waals surface area contributed by atoms with E-state index in [0.29, 0.717) is 6.10 Å². The summed E-state index contributed by atoms with van der Waals surface area (Å²) in [6, 6.07) is 8.16. The first kappa shape index (κ1) is 10.6. The Hall–Kier alpha value is -0.540. The number of rotatable bonds is 2. The van der Waals surface area contributed by atoms with Crippen LogP contribution >= 0.6 is 15.9 Å². The number of fused-ring (bicyclic) bond motifs is 3. The van der Waals surface area contributed by atoms with Crippen molar-refractivity contribution >= 4 is 15.9 Å². The number of benzene rings is 1. The second-order valence-corrected chi connectivity index (χ2v) is 5.66. The maximum absolute atomic E-state index is 6.08. The summed E-state index contributed by atoms with van der Waals surface area (Å²) in [6.45, 7) is 3.65. The Morgan fingerprint density at radius 3 is 2.38 bits per heavy atom. The zero-order chi connectivity index (χ0) is 11.0. The molecule has 0 amide bonds. The number of nitrogens with zero attached hydrogens (tertiary/aromatic N) is 1. The topological polar surface area (TPSA) is 12.5 Å². The third kappa shape index (κ3) is 2.11. The van der Waals surface area contributed by atoms with Crippen molar-refractivity contribution in [1.82, 2.24) is 4.90 Å². The van der Waals surface area contributed by atoms with Crippen molar-refractivity contribution in [2.24, 2.45) is 5.92 Å². The molecule has 0 unspecified atom stereocenters. The standard InChI is InChI=1S/C13H16BrNO/c14-11-1-3-12(4-2-11)16-13-9-15-7-5-10(13)6-8-15/h1-4,10,13H,5-9H2/t13-/m0/s1. The van der Waals surface area contributed by atoms with Gasteiger partial charge in [0.15, 0.2) is 0 Å². The highest BCUT2D eigenvalue weighted by atomic mass is 79.9. The third-order valence-electron chi connectivity index (χ3n) is 3.70. The first-order valence-electron chi connectivity index (χ1n) is 5.96. The molecule has 3 aliphatic rings. The molecule has 0 N–H and O–H groups in total. The van der Waals surface area contributed by atoms with Gasteiger partial charge in [0.1, 0.15) is 11.9 Å². The van der Waals surface area contributed by atoms with Crippen LogP contribution < -0.4 is 4.74 Å². The van der Waals surface area contributed by atoms with Gasteiger partial charge in [-0.05, 0) is 56.1 Å². The zero-order valence-corrected chi connectivity index (χ0v) is 10.8. The van der Waals surface area contributed by atoms with E-state index in [4.69, 9.17) is 4.74 Å². The van der Waals surface area contributed by atoms with Crippen LogP contribution in [0, 0.1) is 5.92 Å². The fraction of sp³-hybridized carbons (Fsp3) is 0.538. The molecule has 0 saturated carbocycles. The predicted molar refractivity (Wildman–Crippen MR) is 67.7 cm³/mol. The highest BCUT2D eigenvalue weighted by molar-refractivity contribution is 9.10. The van der Waals surface area contributed by atoms with Crippen LogP contribution in [0.5, 0.6) is 5.75 Å². The van der Waals surface area contributed by atoms with Gasteiger partial charge in [0.25, 0.3) is 0 Å². The molecule has 1 atom stereocenters. The van der Waals surface area contributed by atoms with Crippen LogP contribution in [0.2, 0.25) is 0 Å². The number of ether oxygens (including phenoxy) is 1. The van der Waals surface area contributed by atoms with Gasteiger partial charge in [-0.25, -0.2) is 0 Å². The lowest BCUT2D eigenvalue weighted by atomic mass is 9.86. The molecule has 3 heteroatoms. The van der Waals surface area contributed by atoms with Crippen LogP contribution in [-0.4, -0.2) is 30.6 Å². The lowest BCUT2D eigenvalue weighted by Crippen LogP contribution is -2.52. The highest BCUT2D eigenvalue weighted by Gasteiger charge is 2.35. The van der Waals surface area contributed by atoms with Crippen molar-refractivity contribution in [3.63, 3.8) is 0 Å². The molecule has 86 valence electrons. The van der Waals surface area contributed by atoms with Crippen LogP contribution in [0.4, 0.5) is 0 Å². The van der Waals surface area contributed by atoms with Gasteiger partial charge >= 0.3 is 0 Å². The Bertz CT molecular complexity index is 357. The zero-order valence-electron chi connectivity index (χ0n) is 9.23. The summed E-state index contributed by atoms with van der Waals surface area (Å²) in [5, 5.41) is 0. The Balaban J connectivity index is 1.68. The largest absolute Gasteiger partial charge is 0.489 e. The quantitative estimate of drug-likeness (QED) is 0.827. The number of halogens is 1. The van der Waals surface area contributed by atoms with E-state index in [9.17, 15) is 0 Å². The van der Waals surface area contributed by atoms with Crippen LogP contribution in [0.3, 0.4) is 0 Å². The highest BCUT2D eigenvalue weighted by Crippen LogP contribution is 2.30. The van der Waals surface area contributed by atoms with E-state index in [1.807, 2.05) is 24.3 Å². The molecule has 0 aliphatic carbocycles. The van der Waals surface area contributed by atoms with Crippen molar-refractivity contribution in [3.8, 4) is 5.75 Å². The molecule has 0 aromatic heterocycles. The third-order valence-corrected chi connectivity index (χ3v) is 4.23. The fourth-order valence-electron chi connectivity index (χ4n) is 2.73. The van der Waals surface area contributed by atoms with Crippen molar-refractivity contribution in [3.05, 3.63) is 28.7 Å². The molecule has 3 heterocycles. The molecule has 0 radical (unpaired) electrons. The summed E-state index contributed by atoms with van der Waals surface area (Å²) in [5.41, 5.74) is 0. The summed E-state index contributed by atoms with van der Waals surface area (Å²) in [6.07, 6.45) is 3.02. The number of piperidine rings is 3. The minimum atomic E-state index is 0.406. The maximum atomic E-state index is 6.08. The first-order valence-corrected chi connectivity index (χ1v) is 6.75. The minimum absolute atomic E-state index is 0.406. The first-order chi connectivity index (χ1) is 7.81. The minimum Gasteiger partial charge on any atom is -0.489 e. The van der Waals surface area contributed by atoms with Gasteiger partial charge in [0.05, 0.1) is 0 Å². The van der Waals surface area contributed by atoms with Gasteiger partial charge < -0.3 is 4.74 Å². The summed E-state index contributed by atoms with van der Waals surface area (Å²) in [7, 11) is 0. The molecule has 1 aromatic rings. The Labute approximate surface area is 105 Å².